The predicted octanol–water partition coefficient (Wildman–Crippen LogP) is 1.03. The van der Waals surface area contributed by atoms with Gasteiger partial charge in [-0.1, -0.05) is 0 Å². The van der Waals surface area contributed by atoms with Crippen LogP contribution >= 0.6 is 0 Å². The van der Waals surface area contributed by atoms with Gasteiger partial charge in [0.25, 0.3) is 5.91 Å². The summed E-state index contributed by atoms with van der Waals surface area (Å²) in [5.74, 6) is -0.383. The summed E-state index contributed by atoms with van der Waals surface area (Å²) >= 11 is 0. The van der Waals surface area contributed by atoms with Crippen molar-refractivity contribution >= 4 is 11.9 Å². The molecule has 1 heterocycles. The summed E-state index contributed by atoms with van der Waals surface area (Å²) in [5, 5.41) is 11.9. The van der Waals surface area contributed by atoms with E-state index in [9.17, 15) is 9.59 Å². The van der Waals surface area contributed by atoms with Crippen molar-refractivity contribution in [2.45, 2.75) is 31.7 Å². The number of carbonyl (C=O) groups excluding carboxylic acids is 1. The van der Waals surface area contributed by atoms with E-state index in [1.165, 1.54) is 6.33 Å². The van der Waals surface area contributed by atoms with Crippen LogP contribution in [0.4, 0.5) is 0 Å². The normalized spacial score (nSPS) is 18.9. The van der Waals surface area contributed by atoms with Crippen molar-refractivity contribution in [3.05, 3.63) is 17.7 Å². The number of aromatic amines is 1. The first-order valence-corrected chi connectivity index (χ1v) is 6.24. The van der Waals surface area contributed by atoms with E-state index in [0.717, 1.165) is 25.7 Å². The molecule has 1 amide bonds. The zero-order chi connectivity index (χ0) is 12.7. The van der Waals surface area contributed by atoms with Crippen LogP contribution in [-0.2, 0) is 0 Å². The van der Waals surface area contributed by atoms with E-state index in [1.54, 1.807) is 0 Å². The number of aromatic carboxylic acids is 1. The van der Waals surface area contributed by atoms with Crippen LogP contribution in [0.2, 0.25) is 0 Å². The molecule has 1 aromatic heterocycles. The van der Waals surface area contributed by atoms with Crippen molar-refractivity contribution in [3.63, 3.8) is 0 Å². The van der Waals surface area contributed by atoms with Gasteiger partial charge in [-0.25, -0.2) is 9.78 Å². The highest BCUT2D eigenvalue weighted by Gasteiger charge is 2.42. The SMILES string of the molecule is O=C(NC(C1CC1)C1CC1)c1nc[nH]c1C(=O)O. The molecular weight excluding hydrogens is 234 g/mol. The van der Waals surface area contributed by atoms with Gasteiger partial charge in [-0.3, -0.25) is 4.79 Å². The third-order valence-electron chi connectivity index (χ3n) is 3.63. The minimum atomic E-state index is -1.16. The molecule has 0 bridgehead atoms. The van der Waals surface area contributed by atoms with Gasteiger partial charge in [0, 0.05) is 6.04 Å². The fourth-order valence-electron chi connectivity index (χ4n) is 2.38. The number of nitrogens with one attached hydrogen (secondary N) is 2. The fourth-order valence-corrected chi connectivity index (χ4v) is 2.38. The summed E-state index contributed by atoms with van der Waals surface area (Å²) in [4.78, 5) is 29.2. The summed E-state index contributed by atoms with van der Waals surface area (Å²) in [6.07, 6.45) is 5.88. The molecule has 2 aliphatic rings. The molecule has 6 nitrogen and oxygen atoms in total. The smallest absolute Gasteiger partial charge is 0.354 e. The van der Waals surface area contributed by atoms with Crippen molar-refractivity contribution in [3.8, 4) is 0 Å². The molecule has 6 heteroatoms. The Balaban J connectivity index is 1.73. The number of H-pyrrole nitrogens is 1. The second-order valence-corrected chi connectivity index (χ2v) is 5.11. The number of hydrogen-bond acceptors (Lipinski definition) is 3. The monoisotopic (exact) mass is 249 g/mol. The molecule has 0 aliphatic heterocycles. The molecule has 0 aromatic carbocycles. The number of carboxylic acid groups (broad SMARTS) is 1. The van der Waals surface area contributed by atoms with Crippen molar-refractivity contribution in [2.75, 3.05) is 0 Å². The van der Waals surface area contributed by atoms with Gasteiger partial charge in [0.05, 0.1) is 6.33 Å². The maximum atomic E-state index is 12.0. The summed E-state index contributed by atoms with van der Waals surface area (Å²) < 4.78 is 0. The first-order valence-electron chi connectivity index (χ1n) is 6.24. The van der Waals surface area contributed by atoms with Crippen molar-refractivity contribution in [2.24, 2.45) is 11.8 Å². The lowest BCUT2D eigenvalue weighted by Gasteiger charge is -2.16. The van der Waals surface area contributed by atoms with E-state index in [-0.39, 0.29) is 23.3 Å². The van der Waals surface area contributed by atoms with E-state index >= 15 is 0 Å². The molecule has 0 radical (unpaired) electrons. The number of rotatable bonds is 5. The highest BCUT2D eigenvalue weighted by molar-refractivity contribution is 6.02. The summed E-state index contributed by atoms with van der Waals surface area (Å²) in [7, 11) is 0. The Morgan fingerprint density at radius 2 is 1.94 bits per heavy atom. The third kappa shape index (κ3) is 2.10. The molecule has 18 heavy (non-hydrogen) atoms. The van der Waals surface area contributed by atoms with Gasteiger partial charge in [-0.15, -0.1) is 0 Å². The number of carboxylic acids is 1. The van der Waals surface area contributed by atoms with Crippen molar-refractivity contribution in [1.82, 2.24) is 15.3 Å². The first kappa shape index (κ1) is 11.3. The van der Waals surface area contributed by atoms with E-state index in [1.807, 2.05) is 0 Å². The highest BCUT2D eigenvalue weighted by atomic mass is 16.4. The summed E-state index contributed by atoms with van der Waals surface area (Å²) in [5.41, 5.74) is -0.161. The van der Waals surface area contributed by atoms with Crippen LogP contribution in [0, 0.1) is 11.8 Å². The van der Waals surface area contributed by atoms with Crippen LogP contribution < -0.4 is 5.32 Å². The van der Waals surface area contributed by atoms with E-state index < -0.39 is 5.97 Å². The van der Waals surface area contributed by atoms with Crippen LogP contribution in [0.5, 0.6) is 0 Å². The molecule has 0 unspecified atom stereocenters. The quantitative estimate of drug-likeness (QED) is 0.726. The van der Waals surface area contributed by atoms with Crippen molar-refractivity contribution in [1.29, 1.82) is 0 Å². The van der Waals surface area contributed by atoms with Crippen LogP contribution in [0.25, 0.3) is 0 Å². The molecule has 0 spiro atoms. The van der Waals surface area contributed by atoms with E-state index in [0.29, 0.717) is 11.8 Å². The number of hydrogen-bond donors (Lipinski definition) is 3. The molecule has 2 saturated carbocycles. The first-order chi connectivity index (χ1) is 8.66. The third-order valence-corrected chi connectivity index (χ3v) is 3.63. The molecule has 3 N–H and O–H groups in total. The predicted molar refractivity (Wildman–Crippen MR) is 62.2 cm³/mol. The Morgan fingerprint density at radius 1 is 1.33 bits per heavy atom. The molecular formula is C12H15N3O3. The lowest BCUT2D eigenvalue weighted by atomic mass is 10.1. The Hall–Kier alpha value is -1.85. The van der Waals surface area contributed by atoms with Gasteiger partial charge in [0.1, 0.15) is 0 Å². The second kappa shape index (κ2) is 4.12. The molecule has 3 rings (SSSR count). The van der Waals surface area contributed by atoms with Gasteiger partial charge < -0.3 is 15.4 Å². The van der Waals surface area contributed by atoms with Crippen molar-refractivity contribution < 1.29 is 14.7 Å². The van der Waals surface area contributed by atoms with Gasteiger partial charge in [0.15, 0.2) is 11.4 Å². The lowest BCUT2D eigenvalue weighted by Crippen LogP contribution is -2.38. The Labute approximate surface area is 104 Å². The minimum Gasteiger partial charge on any atom is -0.477 e. The van der Waals surface area contributed by atoms with E-state index in [4.69, 9.17) is 5.11 Å². The van der Waals surface area contributed by atoms with Crippen LogP contribution in [0.15, 0.2) is 6.33 Å². The standard InChI is InChI=1S/C12H15N3O3/c16-11(9-10(12(17)18)14-5-13-9)15-8(6-1-2-6)7-3-4-7/h5-8H,1-4H2,(H,13,14)(H,15,16)(H,17,18). The molecule has 0 atom stereocenters. The number of imidazole rings is 1. The zero-order valence-electron chi connectivity index (χ0n) is 9.85. The van der Waals surface area contributed by atoms with Crippen LogP contribution in [0.1, 0.15) is 46.7 Å². The van der Waals surface area contributed by atoms with E-state index in [2.05, 4.69) is 15.3 Å². The number of nitrogens with zero attached hydrogens (tertiary/aromatic N) is 1. The number of carbonyl (C=O) groups is 2. The lowest BCUT2D eigenvalue weighted by molar-refractivity contribution is 0.0684. The Bertz CT molecular complexity index is 477. The van der Waals surface area contributed by atoms with Gasteiger partial charge >= 0.3 is 5.97 Å². The number of amides is 1. The largest absolute Gasteiger partial charge is 0.477 e. The maximum absolute atomic E-state index is 12.0. The minimum absolute atomic E-state index is 0.0196. The van der Waals surface area contributed by atoms with Gasteiger partial charge in [0.2, 0.25) is 0 Å². The number of aromatic nitrogens is 2. The highest BCUT2D eigenvalue weighted by Crippen LogP contribution is 2.44. The average molecular weight is 249 g/mol. The molecule has 2 aliphatic carbocycles. The topological polar surface area (TPSA) is 95.1 Å². The zero-order valence-corrected chi connectivity index (χ0v) is 9.85. The average Bonchev–Trinajstić information content (AvgIpc) is 3.24. The molecule has 96 valence electrons. The Morgan fingerprint density at radius 3 is 2.44 bits per heavy atom. The van der Waals surface area contributed by atoms with Gasteiger partial charge in [-0.05, 0) is 37.5 Å². The molecule has 0 saturated heterocycles. The second-order valence-electron chi connectivity index (χ2n) is 5.11. The summed E-state index contributed by atoms with van der Waals surface area (Å²) in [6.45, 7) is 0. The Kier molecular flexibility index (Phi) is 2.57. The van der Waals surface area contributed by atoms with Crippen LogP contribution in [-0.4, -0.2) is 33.0 Å². The van der Waals surface area contributed by atoms with Crippen LogP contribution in [0.3, 0.4) is 0 Å². The summed E-state index contributed by atoms with van der Waals surface area (Å²) in [6, 6.07) is 0.204. The fraction of sp³-hybridized carbons (Fsp3) is 0.583. The van der Waals surface area contributed by atoms with Gasteiger partial charge in [-0.2, -0.15) is 0 Å². The molecule has 1 aromatic rings. The molecule has 2 fully saturated rings. The maximum Gasteiger partial charge on any atom is 0.354 e.